The molecule has 0 bridgehead atoms. The lowest BCUT2D eigenvalue weighted by molar-refractivity contribution is -0.0672. The number of rotatable bonds is 5. The summed E-state index contributed by atoms with van der Waals surface area (Å²) in [5, 5.41) is 9.77. The second-order valence-electron chi connectivity index (χ2n) is 6.25. The molecular weight excluding hydrogens is 320 g/mol. The van der Waals surface area contributed by atoms with E-state index in [1.54, 1.807) is 29.2 Å². The Morgan fingerprint density at radius 1 is 1.32 bits per heavy atom. The molecule has 2 N–H and O–H groups in total. The quantitative estimate of drug-likeness (QED) is 0.859. The number of amides is 2. The summed E-state index contributed by atoms with van der Waals surface area (Å²) in [4.78, 5) is 18.6. The van der Waals surface area contributed by atoms with E-state index in [-0.39, 0.29) is 18.2 Å². The van der Waals surface area contributed by atoms with Gasteiger partial charge in [-0.05, 0) is 32.0 Å². The standard InChI is InChI=1S/C17H24N6O2/c1-13-11-22(12-14(2)25-13)9-7-18-17(24)21-15-4-5-16(19-10-15)23-8-3-6-20-23/h3-6,8,10,13-14H,7,9,11-12H2,1-2H3,(H2,18,21,24)/t13-,14-/m0/s1. The normalized spacial score (nSPS) is 21.0. The third-order valence-corrected chi connectivity index (χ3v) is 3.95. The molecule has 2 atom stereocenters. The molecule has 0 aromatic carbocycles. The number of hydrogen-bond acceptors (Lipinski definition) is 5. The first-order valence-electron chi connectivity index (χ1n) is 8.49. The first-order valence-corrected chi connectivity index (χ1v) is 8.49. The highest BCUT2D eigenvalue weighted by molar-refractivity contribution is 5.89. The predicted molar refractivity (Wildman–Crippen MR) is 94.8 cm³/mol. The smallest absolute Gasteiger partial charge is 0.319 e. The van der Waals surface area contributed by atoms with E-state index in [1.165, 1.54) is 0 Å². The first-order chi connectivity index (χ1) is 12.1. The van der Waals surface area contributed by atoms with E-state index in [1.807, 2.05) is 12.3 Å². The van der Waals surface area contributed by atoms with Crippen LogP contribution in [0.25, 0.3) is 5.82 Å². The third-order valence-electron chi connectivity index (χ3n) is 3.95. The maximum atomic E-state index is 12.0. The number of carbonyl (C=O) groups is 1. The molecule has 3 rings (SSSR count). The highest BCUT2D eigenvalue weighted by atomic mass is 16.5. The maximum absolute atomic E-state index is 12.0. The molecule has 2 amide bonds. The molecule has 0 radical (unpaired) electrons. The topological polar surface area (TPSA) is 84.3 Å². The van der Waals surface area contributed by atoms with Crippen LogP contribution in [-0.4, -0.2) is 64.1 Å². The van der Waals surface area contributed by atoms with Crippen molar-refractivity contribution in [2.45, 2.75) is 26.1 Å². The van der Waals surface area contributed by atoms with Gasteiger partial charge >= 0.3 is 6.03 Å². The molecule has 2 aromatic rings. The number of pyridine rings is 1. The number of aromatic nitrogens is 3. The van der Waals surface area contributed by atoms with E-state index >= 15 is 0 Å². The van der Waals surface area contributed by atoms with Crippen LogP contribution < -0.4 is 10.6 Å². The summed E-state index contributed by atoms with van der Waals surface area (Å²) in [6.45, 7) is 7.33. The van der Waals surface area contributed by atoms with Gasteiger partial charge in [0.1, 0.15) is 0 Å². The molecule has 25 heavy (non-hydrogen) atoms. The molecular formula is C17H24N6O2. The van der Waals surface area contributed by atoms with E-state index in [0.717, 1.165) is 19.6 Å². The van der Waals surface area contributed by atoms with Gasteiger partial charge in [-0.25, -0.2) is 14.5 Å². The van der Waals surface area contributed by atoms with Crippen molar-refractivity contribution in [3.05, 3.63) is 36.8 Å². The van der Waals surface area contributed by atoms with Gasteiger partial charge in [0.25, 0.3) is 0 Å². The second-order valence-corrected chi connectivity index (χ2v) is 6.25. The molecule has 2 aromatic heterocycles. The number of anilines is 1. The Bertz CT molecular complexity index is 663. The largest absolute Gasteiger partial charge is 0.373 e. The second kappa shape index (κ2) is 8.09. The summed E-state index contributed by atoms with van der Waals surface area (Å²) in [5.41, 5.74) is 0.641. The lowest BCUT2D eigenvalue weighted by Gasteiger charge is -2.35. The van der Waals surface area contributed by atoms with Gasteiger partial charge in [0.15, 0.2) is 5.82 Å². The Labute approximate surface area is 147 Å². The number of urea groups is 1. The van der Waals surface area contributed by atoms with Gasteiger partial charge < -0.3 is 15.4 Å². The minimum absolute atomic E-state index is 0.233. The SMILES string of the molecule is C[C@H]1CN(CCNC(=O)Nc2ccc(-n3cccn3)nc2)C[C@H](C)O1. The molecule has 3 heterocycles. The van der Waals surface area contributed by atoms with Gasteiger partial charge in [0, 0.05) is 38.6 Å². The molecule has 0 unspecified atom stereocenters. The lowest BCUT2D eigenvalue weighted by atomic mass is 10.2. The minimum atomic E-state index is -0.233. The lowest BCUT2D eigenvalue weighted by Crippen LogP contribution is -2.48. The Hall–Kier alpha value is -2.45. The Balaban J connectivity index is 1.42. The first kappa shape index (κ1) is 17.4. The molecule has 8 nitrogen and oxygen atoms in total. The summed E-state index contributed by atoms with van der Waals surface area (Å²) < 4.78 is 7.37. The number of morpholine rings is 1. The highest BCUT2D eigenvalue weighted by Crippen LogP contribution is 2.10. The zero-order valence-electron chi connectivity index (χ0n) is 14.6. The molecule has 1 fully saturated rings. The number of nitrogens with zero attached hydrogens (tertiary/aromatic N) is 4. The minimum Gasteiger partial charge on any atom is -0.373 e. The van der Waals surface area contributed by atoms with Crippen LogP contribution in [0.3, 0.4) is 0 Å². The van der Waals surface area contributed by atoms with Gasteiger partial charge in [-0.2, -0.15) is 5.10 Å². The van der Waals surface area contributed by atoms with E-state index < -0.39 is 0 Å². The fraction of sp³-hybridized carbons (Fsp3) is 0.471. The number of carbonyl (C=O) groups excluding carboxylic acids is 1. The van der Waals surface area contributed by atoms with Crippen LogP contribution in [0.15, 0.2) is 36.8 Å². The molecule has 1 aliphatic rings. The van der Waals surface area contributed by atoms with Crippen molar-refractivity contribution in [3.8, 4) is 5.82 Å². The fourth-order valence-corrected chi connectivity index (χ4v) is 2.97. The Kier molecular flexibility index (Phi) is 5.62. The van der Waals surface area contributed by atoms with E-state index in [2.05, 4.69) is 39.5 Å². The molecule has 8 heteroatoms. The van der Waals surface area contributed by atoms with Crippen LogP contribution in [0, 0.1) is 0 Å². The van der Waals surface area contributed by atoms with Gasteiger partial charge in [0.2, 0.25) is 0 Å². The summed E-state index contributed by atoms with van der Waals surface area (Å²) in [5.74, 6) is 0.700. The van der Waals surface area contributed by atoms with Crippen LogP contribution >= 0.6 is 0 Å². The van der Waals surface area contributed by atoms with Gasteiger partial charge in [0.05, 0.1) is 24.1 Å². The molecule has 134 valence electrons. The molecule has 1 saturated heterocycles. The van der Waals surface area contributed by atoms with Gasteiger partial charge in [-0.3, -0.25) is 4.90 Å². The van der Waals surface area contributed by atoms with E-state index in [9.17, 15) is 4.79 Å². The molecule has 0 spiro atoms. The van der Waals surface area contributed by atoms with Crippen molar-refractivity contribution in [2.24, 2.45) is 0 Å². The van der Waals surface area contributed by atoms with Crippen molar-refractivity contribution in [3.63, 3.8) is 0 Å². The maximum Gasteiger partial charge on any atom is 0.319 e. The fourth-order valence-electron chi connectivity index (χ4n) is 2.97. The number of nitrogens with one attached hydrogen (secondary N) is 2. The zero-order valence-corrected chi connectivity index (χ0v) is 14.6. The van der Waals surface area contributed by atoms with Crippen molar-refractivity contribution < 1.29 is 9.53 Å². The Morgan fingerprint density at radius 3 is 2.76 bits per heavy atom. The van der Waals surface area contributed by atoms with Crippen LogP contribution in [-0.2, 0) is 4.74 Å². The van der Waals surface area contributed by atoms with E-state index in [4.69, 9.17) is 4.74 Å². The van der Waals surface area contributed by atoms with Gasteiger partial charge in [-0.15, -0.1) is 0 Å². The van der Waals surface area contributed by atoms with Crippen LogP contribution in [0.1, 0.15) is 13.8 Å². The predicted octanol–water partition coefficient (Wildman–Crippen LogP) is 1.50. The molecule has 0 saturated carbocycles. The van der Waals surface area contributed by atoms with Crippen molar-refractivity contribution in [2.75, 3.05) is 31.5 Å². The highest BCUT2D eigenvalue weighted by Gasteiger charge is 2.21. The molecule has 1 aliphatic heterocycles. The van der Waals surface area contributed by atoms with Crippen molar-refractivity contribution in [1.29, 1.82) is 0 Å². The number of ether oxygens (including phenoxy) is 1. The Morgan fingerprint density at radius 2 is 2.12 bits per heavy atom. The summed E-state index contributed by atoms with van der Waals surface area (Å²) in [6, 6.07) is 5.20. The zero-order chi connectivity index (χ0) is 17.6. The van der Waals surface area contributed by atoms with Crippen LogP contribution in [0.2, 0.25) is 0 Å². The van der Waals surface area contributed by atoms with Crippen molar-refractivity contribution in [1.82, 2.24) is 25.0 Å². The average Bonchev–Trinajstić information content (AvgIpc) is 3.09. The summed E-state index contributed by atoms with van der Waals surface area (Å²) >= 11 is 0. The number of hydrogen-bond donors (Lipinski definition) is 2. The van der Waals surface area contributed by atoms with Gasteiger partial charge in [-0.1, -0.05) is 0 Å². The summed E-state index contributed by atoms with van der Waals surface area (Å²) in [6.07, 6.45) is 5.59. The van der Waals surface area contributed by atoms with E-state index in [0.29, 0.717) is 18.1 Å². The monoisotopic (exact) mass is 344 g/mol. The molecule has 0 aliphatic carbocycles. The van der Waals surface area contributed by atoms with Crippen LogP contribution in [0.5, 0.6) is 0 Å². The van der Waals surface area contributed by atoms with Crippen LogP contribution in [0.4, 0.5) is 10.5 Å². The third kappa shape index (κ3) is 5.01. The average molecular weight is 344 g/mol. The van der Waals surface area contributed by atoms with Crippen molar-refractivity contribution >= 4 is 11.7 Å². The summed E-state index contributed by atoms with van der Waals surface area (Å²) in [7, 11) is 0.